The second-order valence-electron chi connectivity index (χ2n) is 10.4. The number of nitrogens with one attached hydrogen (secondary N) is 3. The van der Waals surface area contributed by atoms with Crippen LogP contribution in [0.2, 0.25) is 0 Å². The third kappa shape index (κ3) is 5.19. The number of carbonyl (C=O) groups excluding carboxylic acids is 4. The lowest BCUT2D eigenvalue weighted by Crippen LogP contribution is -2.54. The molecule has 0 aromatic heterocycles. The van der Waals surface area contributed by atoms with Crippen molar-refractivity contribution >= 4 is 37.3 Å². The molecule has 2 aliphatic rings. The molecule has 3 unspecified atom stereocenters. The first-order valence-electron chi connectivity index (χ1n) is 12.3. The average molecular weight is 468 g/mol. The number of amides is 4. The zero-order valence-electron chi connectivity index (χ0n) is 21.0. The third-order valence-electron chi connectivity index (χ3n) is 7.71. The van der Waals surface area contributed by atoms with E-state index in [9.17, 15) is 19.2 Å². The van der Waals surface area contributed by atoms with Gasteiger partial charge in [0, 0.05) is 18.7 Å². The lowest BCUT2D eigenvalue weighted by atomic mass is 9.68. The molecule has 1 saturated heterocycles. The maximum Gasteiger partial charge on any atom is 0.264 e. The second-order valence-corrected chi connectivity index (χ2v) is 10.4. The fourth-order valence-electron chi connectivity index (χ4n) is 5.13. The van der Waals surface area contributed by atoms with E-state index in [0.717, 1.165) is 37.1 Å². The van der Waals surface area contributed by atoms with Gasteiger partial charge in [-0.05, 0) is 55.2 Å². The summed E-state index contributed by atoms with van der Waals surface area (Å²) in [5.41, 5.74) is 1.41. The molecule has 0 saturated carbocycles. The third-order valence-corrected chi connectivity index (χ3v) is 7.71. The molecule has 9 heteroatoms. The normalized spacial score (nSPS) is 21.6. The summed E-state index contributed by atoms with van der Waals surface area (Å²) in [7, 11) is 1.98. The van der Waals surface area contributed by atoms with Crippen LogP contribution in [0.3, 0.4) is 0 Å². The molecule has 3 N–H and O–H groups in total. The highest BCUT2D eigenvalue weighted by Gasteiger charge is 2.45. The van der Waals surface area contributed by atoms with Gasteiger partial charge in [0.2, 0.25) is 11.8 Å². The van der Waals surface area contributed by atoms with Gasteiger partial charge in [-0.2, -0.15) is 0 Å². The van der Waals surface area contributed by atoms with Crippen LogP contribution in [-0.4, -0.2) is 55.6 Å². The van der Waals surface area contributed by atoms with E-state index in [-0.39, 0.29) is 29.6 Å². The Labute approximate surface area is 203 Å². The number of hydrogen-bond donors (Lipinski definition) is 3. The molecule has 34 heavy (non-hydrogen) atoms. The first-order chi connectivity index (χ1) is 16.1. The van der Waals surface area contributed by atoms with E-state index in [1.807, 2.05) is 14.0 Å². The van der Waals surface area contributed by atoms with Gasteiger partial charge >= 0.3 is 0 Å². The Balaban J connectivity index is 1.80. The molecule has 8 nitrogen and oxygen atoms in total. The predicted octanol–water partition coefficient (Wildman–Crippen LogP) is 2.25. The Morgan fingerprint density at radius 3 is 2.41 bits per heavy atom. The van der Waals surface area contributed by atoms with Crippen LogP contribution in [0.4, 0.5) is 5.69 Å². The smallest absolute Gasteiger partial charge is 0.264 e. The lowest BCUT2D eigenvalue weighted by Gasteiger charge is -2.39. The average Bonchev–Trinajstić information content (AvgIpc) is 3.07. The molecule has 2 aliphatic heterocycles. The van der Waals surface area contributed by atoms with Gasteiger partial charge in [0.05, 0.1) is 11.1 Å². The maximum atomic E-state index is 13.3. The van der Waals surface area contributed by atoms with Gasteiger partial charge in [0.1, 0.15) is 6.04 Å². The SMILES string of the molecule is BNCCC(C)(CC)CC(C)(CC)CNc1cccc2c1C(=O)N(C1CCC(=O)NC1=O)C2=O. The Hall–Kier alpha value is -2.68. The van der Waals surface area contributed by atoms with Gasteiger partial charge in [-0.3, -0.25) is 29.4 Å². The van der Waals surface area contributed by atoms with Crippen LogP contribution in [0.15, 0.2) is 18.2 Å². The number of rotatable bonds is 11. The summed E-state index contributed by atoms with van der Waals surface area (Å²) in [6.45, 7) is 10.6. The second kappa shape index (κ2) is 10.3. The summed E-state index contributed by atoms with van der Waals surface area (Å²) in [4.78, 5) is 51.3. The van der Waals surface area contributed by atoms with Gasteiger partial charge in [0.25, 0.3) is 11.8 Å². The molecular formula is C25H37BN4O4. The molecule has 3 atom stereocenters. The van der Waals surface area contributed by atoms with E-state index in [0.29, 0.717) is 23.4 Å². The van der Waals surface area contributed by atoms with Crippen molar-refractivity contribution in [2.45, 2.75) is 72.3 Å². The summed E-state index contributed by atoms with van der Waals surface area (Å²) in [5, 5.41) is 8.96. The van der Waals surface area contributed by atoms with Gasteiger partial charge in [0.15, 0.2) is 7.98 Å². The van der Waals surface area contributed by atoms with Crippen molar-refractivity contribution < 1.29 is 19.2 Å². The van der Waals surface area contributed by atoms with E-state index in [1.54, 1.807) is 12.1 Å². The predicted molar refractivity (Wildman–Crippen MR) is 134 cm³/mol. The number of carbonyl (C=O) groups is 4. The fourth-order valence-corrected chi connectivity index (χ4v) is 5.13. The zero-order valence-corrected chi connectivity index (χ0v) is 21.0. The van der Waals surface area contributed by atoms with Crippen LogP contribution >= 0.6 is 0 Å². The first-order valence-corrected chi connectivity index (χ1v) is 12.3. The molecule has 0 aliphatic carbocycles. The summed E-state index contributed by atoms with van der Waals surface area (Å²) < 4.78 is 0. The molecule has 4 amide bonds. The van der Waals surface area contributed by atoms with Crippen molar-refractivity contribution in [3.63, 3.8) is 0 Å². The molecule has 1 aromatic carbocycles. The minimum Gasteiger partial charge on any atom is -0.384 e. The minimum atomic E-state index is -0.962. The van der Waals surface area contributed by atoms with Crippen LogP contribution < -0.4 is 15.9 Å². The summed E-state index contributed by atoms with van der Waals surface area (Å²) >= 11 is 0. The number of imide groups is 2. The quantitative estimate of drug-likeness (QED) is 0.340. The number of hydrogen-bond acceptors (Lipinski definition) is 6. The monoisotopic (exact) mass is 468 g/mol. The van der Waals surface area contributed by atoms with E-state index in [4.69, 9.17) is 0 Å². The van der Waals surface area contributed by atoms with Crippen molar-refractivity contribution in [2.75, 3.05) is 18.4 Å². The van der Waals surface area contributed by atoms with E-state index >= 15 is 0 Å². The standard InChI is InChI=1S/C25H37BN4O4/c1-5-24(3,12-13-28-26)14-25(4,6-2)15-27-17-9-7-8-16-20(17)23(34)30(22(16)33)18-10-11-19(31)29-21(18)32/h7-9,18,27-28H,5-6,10-15,26H2,1-4H3,(H,29,31,32). The van der Waals surface area contributed by atoms with Gasteiger partial charge in [-0.1, -0.05) is 40.2 Å². The Bertz CT molecular complexity index is 984. The van der Waals surface area contributed by atoms with Gasteiger partial charge in [-0.25, -0.2) is 0 Å². The van der Waals surface area contributed by atoms with Crippen molar-refractivity contribution in [2.24, 2.45) is 10.8 Å². The molecule has 184 valence electrons. The highest BCUT2D eigenvalue weighted by atomic mass is 16.2. The van der Waals surface area contributed by atoms with E-state index in [2.05, 4.69) is 43.6 Å². The topological polar surface area (TPSA) is 108 Å². The summed E-state index contributed by atoms with van der Waals surface area (Å²) in [5.74, 6) is -1.95. The summed E-state index contributed by atoms with van der Waals surface area (Å²) in [6.07, 6.45) is 4.43. The number of benzene rings is 1. The maximum absolute atomic E-state index is 13.3. The highest BCUT2D eigenvalue weighted by molar-refractivity contribution is 6.25. The molecule has 0 bridgehead atoms. The van der Waals surface area contributed by atoms with Gasteiger partial charge < -0.3 is 10.5 Å². The molecule has 1 fully saturated rings. The lowest BCUT2D eigenvalue weighted by molar-refractivity contribution is -0.136. The van der Waals surface area contributed by atoms with E-state index < -0.39 is 23.8 Å². The van der Waals surface area contributed by atoms with Crippen LogP contribution in [0, 0.1) is 10.8 Å². The molecular weight excluding hydrogens is 431 g/mol. The number of nitrogens with zero attached hydrogens (tertiary/aromatic N) is 1. The zero-order chi connectivity index (χ0) is 25.1. The Morgan fingerprint density at radius 1 is 1.09 bits per heavy atom. The van der Waals surface area contributed by atoms with Crippen LogP contribution in [0.25, 0.3) is 0 Å². The number of anilines is 1. The Morgan fingerprint density at radius 2 is 1.79 bits per heavy atom. The van der Waals surface area contributed by atoms with Crippen molar-refractivity contribution in [1.82, 2.24) is 15.4 Å². The largest absolute Gasteiger partial charge is 0.384 e. The molecule has 3 rings (SSSR count). The fraction of sp³-hybridized carbons (Fsp3) is 0.600. The van der Waals surface area contributed by atoms with Crippen molar-refractivity contribution in [3.05, 3.63) is 29.3 Å². The number of fused-ring (bicyclic) bond motifs is 1. The molecule has 0 radical (unpaired) electrons. The van der Waals surface area contributed by atoms with Gasteiger partial charge in [-0.15, -0.1) is 0 Å². The van der Waals surface area contributed by atoms with E-state index in [1.165, 1.54) is 0 Å². The van der Waals surface area contributed by atoms with Crippen molar-refractivity contribution in [1.29, 1.82) is 0 Å². The number of piperidine rings is 1. The molecule has 1 aromatic rings. The van der Waals surface area contributed by atoms with Crippen LogP contribution in [-0.2, 0) is 9.59 Å². The first kappa shape index (κ1) is 25.9. The van der Waals surface area contributed by atoms with Crippen molar-refractivity contribution in [3.8, 4) is 0 Å². The molecule has 0 spiro atoms. The minimum absolute atomic E-state index is 0.00378. The Kier molecular flexibility index (Phi) is 7.86. The van der Waals surface area contributed by atoms with Crippen LogP contribution in [0.5, 0.6) is 0 Å². The molecule has 2 heterocycles. The highest BCUT2D eigenvalue weighted by Crippen LogP contribution is 2.42. The summed E-state index contributed by atoms with van der Waals surface area (Å²) in [6, 6.07) is 4.23. The van der Waals surface area contributed by atoms with Crippen LogP contribution in [0.1, 0.15) is 86.9 Å².